The molecular formula is C17H21ClFN3O2. The maximum Gasteiger partial charge on any atom is 0.255 e. The third-order valence-corrected chi connectivity index (χ3v) is 4.55. The van der Waals surface area contributed by atoms with Crippen LogP contribution in [0.4, 0.5) is 4.39 Å². The molecule has 3 N–H and O–H groups in total. The van der Waals surface area contributed by atoms with Gasteiger partial charge in [-0.15, -0.1) is 12.4 Å². The van der Waals surface area contributed by atoms with Crippen molar-refractivity contribution in [1.82, 2.24) is 9.88 Å². The number of fused-ring (bicyclic) bond motifs is 1. The molecule has 0 saturated carbocycles. The molecule has 0 spiro atoms. The van der Waals surface area contributed by atoms with Crippen LogP contribution in [0.5, 0.6) is 0 Å². The van der Waals surface area contributed by atoms with Crippen LogP contribution in [0.15, 0.2) is 29.1 Å². The van der Waals surface area contributed by atoms with Gasteiger partial charge in [0.15, 0.2) is 0 Å². The molecule has 0 bridgehead atoms. The van der Waals surface area contributed by atoms with E-state index in [1.807, 2.05) is 0 Å². The van der Waals surface area contributed by atoms with E-state index in [1.54, 1.807) is 4.90 Å². The van der Waals surface area contributed by atoms with E-state index >= 15 is 0 Å². The number of pyridine rings is 1. The molecule has 2 aromatic rings. The molecule has 3 rings (SSSR count). The van der Waals surface area contributed by atoms with Gasteiger partial charge in [-0.1, -0.05) is 6.92 Å². The summed E-state index contributed by atoms with van der Waals surface area (Å²) in [7, 11) is 0. The molecule has 1 aliphatic heterocycles. The lowest BCUT2D eigenvalue weighted by Crippen LogP contribution is -2.49. The quantitative estimate of drug-likeness (QED) is 0.869. The molecule has 2 atom stereocenters. The molecule has 1 aromatic heterocycles. The number of aromatic amines is 1. The lowest BCUT2D eigenvalue weighted by atomic mass is 9.91. The predicted molar refractivity (Wildman–Crippen MR) is 94.1 cm³/mol. The Morgan fingerprint density at radius 1 is 1.42 bits per heavy atom. The fourth-order valence-corrected chi connectivity index (χ4v) is 3.31. The summed E-state index contributed by atoms with van der Waals surface area (Å²) in [6.45, 7) is 3.17. The topological polar surface area (TPSA) is 79.2 Å². The molecule has 1 aromatic carbocycles. The Balaban J connectivity index is 0.00000208. The second kappa shape index (κ2) is 7.32. The van der Waals surface area contributed by atoms with E-state index in [9.17, 15) is 14.0 Å². The number of hydrogen-bond acceptors (Lipinski definition) is 3. The summed E-state index contributed by atoms with van der Waals surface area (Å²) in [6.07, 6.45) is 1.77. The first-order valence-electron chi connectivity index (χ1n) is 7.83. The maximum absolute atomic E-state index is 13.4. The van der Waals surface area contributed by atoms with Crippen LogP contribution in [0.1, 0.15) is 30.1 Å². The van der Waals surface area contributed by atoms with Gasteiger partial charge in [0.2, 0.25) is 5.56 Å². The van der Waals surface area contributed by atoms with Gasteiger partial charge < -0.3 is 15.6 Å². The van der Waals surface area contributed by atoms with Crippen molar-refractivity contribution < 1.29 is 9.18 Å². The molecule has 130 valence electrons. The number of nitrogens with two attached hydrogens (primary N) is 1. The zero-order chi connectivity index (χ0) is 16.6. The average Bonchev–Trinajstić information content (AvgIpc) is 2.52. The highest BCUT2D eigenvalue weighted by Gasteiger charge is 2.30. The van der Waals surface area contributed by atoms with Gasteiger partial charge in [0.05, 0.1) is 11.1 Å². The summed E-state index contributed by atoms with van der Waals surface area (Å²) in [5.41, 5.74) is 6.04. The molecule has 24 heavy (non-hydrogen) atoms. The smallest absolute Gasteiger partial charge is 0.255 e. The van der Waals surface area contributed by atoms with Gasteiger partial charge in [-0.25, -0.2) is 4.39 Å². The van der Waals surface area contributed by atoms with Crippen molar-refractivity contribution in [1.29, 1.82) is 0 Å². The molecule has 2 heterocycles. The number of benzene rings is 1. The van der Waals surface area contributed by atoms with Crippen LogP contribution in [-0.2, 0) is 0 Å². The maximum atomic E-state index is 13.4. The van der Waals surface area contributed by atoms with Crippen LogP contribution >= 0.6 is 12.4 Å². The van der Waals surface area contributed by atoms with Crippen LogP contribution < -0.4 is 11.3 Å². The van der Waals surface area contributed by atoms with Gasteiger partial charge in [0.1, 0.15) is 5.82 Å². The summed E-state index contributed by atoms with van der Waals surface area (Å²) in [5, 5.41) is 0.547. The third kappa shape index (κ3) is 3.44. The van der Waals surface area contributed by atoms with E-state index in [0.29, 0.717) is 35.5 Å². The normalized spacial score (nSPS) is 20.7. The van der Waals surface area contributed by atoms with Crippen LogP contribution in [0.3, 0.4) is 0 Å². The van der Waals surface area contributed by atoms with Gasteiger partial charge in [0.25, 0.3) is 5.91 Å². The largest absolute Gasteiger partial charge is 0.334 e. The highest BCUT2D eigenvalue weighted by Crippen LogP contribution is 2.25. The van der Waals surface area contributed by atoms with Crippen molar-refractivity contribution in [3.63, 3.8) is 0 Å². The predicted octanol–water partition coefficient (Wildman–Crippen LogP) is 2.29. The first-order chi connectivity index (χ1) is 11.0. The monoisotopic (exact) mass is 353 g/mol. The first kappa shape index (κ1) is 18.4. The highest BCUT2D eigenvalue weighted by molar-refractivity contribution is 6.06. The van der Waals surface area contributed by atoms with E-state index in [-0.39, 0.29) is 24.4 Å². The first-order valence-corrected chi connectivity index (χ1v) is 7.83. The van der Waals surface area contributed by atoms with Gasteiger partial charge >= 0.3 is 0 Å². The molecule has 1 saturated heterocycles. The van der Waals surface area contributed by atoms with Crippen molar-refractivity contribution in [2.45, 2.75) is 25.8 Å². The lowest BCUT2D eigenvalue weighted by Gasteiger charge is -2.38. The van der Waals surface area contributed by atoms with Crippen LogP contribution in [0.25, 0.3) is 10.9 Å². The number of amides is 1. The second-order valence-corrected chi connectivity index (χ2v) is 6.25. The number of nitrogens with zero attached hydrogens (tertiary/aromatic N) is 1. The number of piperidine rings is 1. The number of halogens is 2. The Morgan fingerprint density at radius 3 is 2.88 bits per heavy atom. The van der Waals surface area contributed by atoms with Gasteiger partial charge in [0, 0.05) is 30.6 Å². The Hall–Kier alpha value is -1.92. The minimum Gasteiger partial charge on any atom is -0.334 e. The molecule has 1 fully saturated rings. The lowest BCUT2D eigenvalue weighted by molar-refractivity contribution is 0.0575. The van der Waals surface area contributed by atoms with E-state index in [0.717, 1.165) is 12.8 Å². The SMILES string of the molecule is CC1CCN(C(=O)c2cc(=O)[nH]c3cc(F)ccc23)C(CN)C1.Cl. The number of H-pyrrole nitrogens is 1. The molecule has 7 heteroatoms. The zero-order valence-corrected chi connectivity index (χ0v) is 14.2. The Morgan fingerprint density at radius 2 is 2.17 bits per heavy atom. The summed E-state index contributed by atoms with van der Waals surface area (Å²) >= 11 is 0. The number of aromatic nitrogens is 1. The van der Waals surface area contributed by atoms with Crippen molar-refractivity contribution in [3.05, 3.63) is 46.0 Å². The van der Waals surface area contributed by atoms with E-state index in [1.165, 1.54) is 24.3 Å². The molecule has 2 unspecified atom stereocenters. The zero-order valence-electron chi connectivity index (χ0n) is 13.4. The fraction of sp³-hybridized carbons (Fsp3) is 0.412. The number of carbonyl (C=O) groups excluding carboxylic acids is 1. The Kier molecular flexibility index (Phi) is 5.62. The highest BCUT2D eigenvalue weighted by atomic mass is 35.5. The van der Waals surface area contributed by atoms with Crippen molar-refractivity contribution in [2.24, 2.45) is 11.7 Å². The molecule has 1 amide bonds. The van der Waals surface area contributed by atoms with Gasteiger partial charge in [-0.2, -0.15) is 0 Å². The van der Waals surface area contributed by atoms with Crippen LogP contribution in [0.2, 0.25) is 0 Å². The standard InChI is InChI=1S/C17H20FN3O2.ClH/c1-10-4-5-21(12(6-10)9-19)17(23)14-8-16(22)20-15-7-11(18)2-3-13(14)15;/h2-3,7-8,10,12H,4-6,9,19H2,1H3,(H,20,22);1H. The van der Waals surface area contributed by atoms with Crippen molar-refractivity contribution in [2.75, 3.05) is 13.1 Å². The second-order valence-electron chi connectivity index (χ2n) is 6.25. The molecular weight excluding hydrogens is 333 g/mol. The van der Waals surface area contributed by atoms with Gasteiger partial charge in [-0.3, -0.25) is 9.59 Å². The number of carbonyl (C=O) groups is 1. The summed E-state index contributed by atoms with van der Waals surface area (Å²) in [4.78, 5) is 29.1. The number of nitrogens with one attached hydrogen (secondary N) is 1. The molecule has 0 radical (unpaired) electrons. The summed E-state index contributed by atoms with van der Waals surface area (Å²) < 4.78 is 13.4. The van der Waals surface area contributed by atoms with E-state index in [2.05, 4.69) is 11.9 Å². The summed E-state index contributed by atoms with van der Waals surface area (Å²) in [6, 6.07) is 5.30. The third-order valence-electron chi connectivity index (χ3n) is 4.55. The van der Waals surface area contributed by atoms with Crippen molar-refractivity contribution >= 4 is 29.2 Å². The summed E-state index contributed by atoms with van der Waals surface area (Å²) in [5.74, 6) is -0.142. The number of rotatable bonds is 2. The minimum absolute atomic E-state index is 0. The van der Waals surface area contributed by atoms with Gasteiger partial charge in [-0.05, 0) is 37.0 Å². The Bertz CT molecular complexity index is 808. The number of likely N-dealkylation sites (tertiary alicyclic amines) is 1. The average molecular weight is 354 g/mol. The van der Waals surface area contributed by atoms with E-state index in [4.69, 9.17) is 5.73 Å². The fourth-order valence-electron chi connectivity index (χ4n) is 3.31. The van der Waals surface area contributed by atoms with Crippen LogP contribution in [0, 0.1) is 11.7 Å². The van der Waals surface area contributed by atoms with Crippen molar-refractivity contribution in [3.8, 4) is 0 Å². The molecule has 1 aliphatic rings. The van der Waals surface area contributed by atoms with E-state index < -0.39 is 11.4 Å². The molecule has 0 aliphatic carbocycles. The van der Waals surface area contributed by atoms with Crippen LogP contribution in [-0.4, -0.2) is 34.9 Å². The Labute approximate surface area is 145 Å². The number of hydrogen-bond donors (Lipinski definition) is 2. The molecule has 5 nitrogen and oxygen atoms in total. The minimum atomic E-state index is -0.454.